The van der Waals surface area contributed by atoms with E-state index in [0.717, 1.165) is 38.8 Å². The van der Waals surface area contributed by atoms with Crippen molar-refractivity contribution >= 4 is 39.4 Å². The Hall–Kier alpha value is -3.30. The molecule has 0 saturated heterocycles. The molecule has 1 aromatic heterocycles. The van der Waals surface area contributed by atoms with Crippen molar-refractivity contribution < 1.29 is 17.9 Å². The van der Waals surface area contributed by atoms with Gasteiger partial charge >= 0.3 is 0 Å². The zero-order chi connectivity index (χ0) is 25.0. The van der Waals surface area contributed by atoms with Crippen LogP contribution in [0.15, 0.2) is 53.6 Å². The Bertz CT molecular complexity index is 1350. The lowest BCUT2D eigenvalue weighted by Crippen LogP contribution is -2.39. The minimum absolute atomic E-state index is 0.232. The van der Waals surface area contributed by atoms with Crippen LogP contribution in [0.5, 0.6) is 5.75 Å². The molecule has 0 unspecified atom stereocenters. The average molecular weight is 503 g/mol. The van der Waals surface area contributed by atoms with Gasteiger partial charge in [0.15, 0.2) is 0 Å². The van der Waals surface area contributed by atoms with E-state index in [1.807, 2.05) is 45.0 Å². The number of aryl methyl sites for hydroxylation is 2. The molecular weight excluding hydrogens is 476 g/mol. The molecular formula is C24H27ClN4O4S. The summed E-state index contributed by atoms with van der Waals surface area (Å²) in [6, 6.07) is 14.6. The lowest BCUT2D eigenvalue weighted by Gasteiger charge is -2.21. The van der Waals surface area contributed by atoms with Crippen molar-refractivity contribution in [1.29, 1.82) is 0 Å². The molecule has 0 saturated carbocycles. The van der Waals surface area contributed by atoms with Gasteiger partial charge in [-0.05, 0) is 62.7 Å². The smallest absolute Gasteiger partial charge is 0.260 e. The number of sulfonamides is 1. The summed E-state index contributed by atoms with van der Waals surface area (Å²) >= 11 is 6.12. The quantitative estimate of drug-likeness (QED) is 0.372. The van der Waals surface area contributed by atoms with Gasteiger partial charge in [-0.2, -0.15) is 5.10 Å². The summed E-state index contributed by atoms with van der Waals surface area (Å²) in [5.74, 6) is -0.197. The molecule has 0 bridgehead atoms. The topological polar surface area (TPSA) is 93.0 Å². The van der Waals surface area contributed by atoms with Crippen LogP contribution in [0.2, 0.25) is 5.02 Å². The molecule has 0 fully saturated rings. The van der Waals surface area contributed by atoms with Gasteiger partial charge in [-0.1, -0.05) is 23.7 Å². The van der Waals surface area contributed by atoms with Crippen molar-refractivity contribution in [3.8, 4) is 11.4 Å². The Morgan fingerprint density at radius 3 is 2.53 bits per heavy atom. The number of ether oxygens (including phenoxy) is 1. The van der Waals surface area contributed by atoms with E-state index in [1.165, 1.54) is 25.3 Å². The first kappa shape index (κ1) is 25.3. The highest BCUT2D eigenvalue weighted by Crippen LogP contribution is 2.30. The normalized spacial score (nSPS) is 11.6. The Labute approximate surface area is 204 Å². The largest absolute Gasteiger partial charge is 0.495 e. The van der Waals surface area contributed by atoms with Gasteiger partial charge in [-0.15, -0.1) is 0 Å². The molecule has 1 N–H and O–H groups in total. The average Bonchev–Trinajstić information content (AvgIpc) is 3.04. The number of hydrogen-bond acceptors (Lipinski definition) is 5. The fourth-order valence-electron chi connectivity index (χ4n) is 3.63. The number of hydrogen-bond donors (Lipinski definition) is 1. The summed E-state index contributed by atoms with van der Waals surface area (Å²) in [7, 11) is -2.29. The second-order valence-electron chi connectivity index (χ2n) is 7.88. The van der Waals surface area contributed by atoms with Crippen molar-refractivity contribution in [3.63, 3.8) is 0 Å². The first-order valence-corrected chi connectivity index (χ1v) is 12.6. The lowest BCUT2D eigenvalue weighted by atomic mass is 10.2. The summed E-state index contributed by atoms with van der Waals surface area (Å²) in [5, 5.41) is 4.27. The maximum absolute atomic E-state index is 12.5. The highest BCUT2D eigenvalue weighted by molar-refractivity contribution is 7.92. The van der Waals surface area contributed by atoms with Crippen LogP contribution in [0.25, 0.3) is 5.69 Å². The summed E-state index contributed by atoms with van der Waals surface area (Å²) in [6.45, 7) is 5.54. The summed E-state index contributed by atoms with van der Waals surface area (Å²) in [4.78, 5) is 12.5. The van der Waals surface area contributed by atoms with Crippen molar-refractivity contribution in [1.82, 2.24) is 9.99 Å². The fraction of sp³-hybridized carbons (Fsp3) is 0.250. The summed E-state index contributed by atoms with van der Waals surface area (Å²) in [6.07, 6.45) is 2.56. The molecule has 1 amide bonds. The molecule has 0 atom stereocenters. The Morgan fingerprint density at radius 2 is 1.91 bits per heavy atom. The standard InChI is InChI=1S/C24H27ClN4O4S/c1-16-7-6-8-21(11-16)29-17(2)12-19(18(29)3)14-26-27-24(30)15-28(34(5,31)32)20-9-10-23(33-4)22(25)13-20/h6-14H,15H2,1-5H3,(H,27,30)/b26-14-. The van der Waals surface area contributed by atoms with Gasteiger partial charge in [-0.3, -0.25) is 9.10 Å². The number of anilines is 1. The third-order valence-electron chi connectivity index (χ3n) is 5.23. The summed E-state index contributed by atoms with van der Waals surface area (Å²) in [5.41, 5.74) is 7.67. The maximum Gasteiger partial charge on any atom is 0.260 e. The van der Waals surface area contributed by atoms with Crippen LogP contribution in [-0.4, -0.2) is 45.0 Å². The number of carbonyl (C=O) groups excluding carboxylic acids is 1. The molecule has 0 aliphatic carbocycles. The molecule has 3 rings (SSSR count). The van der Waals surface area contributed by atoms with E-state index in [9.17, 15) is 13.2 Å². The van der Waals surface area contributed by atoms with Gasteiger partial charge in [-0.25, -0.2) is 13.8 Å². The van der Waals surface area contributed by atoms with Crippen LogP contribution in [0.3, 0.4) is 0 Å². The van der Waals surface area contributed by atoms with Gasteiger partial charge in [0.1, 0.15) is 12.3 Å². The molecule has 1 heterocycles. The van der Waals surface area contributed by atoms with E-state index < -0.39 is 22.5 Å². The molecule has 2 aromatic carbocycles. The number of halogens is 1. The number of aromatic nitrogens is 1. The van der Waals surface area contributed by atoms with E-state index in [2.05, 4.69) is 21.2 Å². The van der Waals surface area contributed by atoms with E-state index >= 15 is 0 Å². The molecule has 0 aliphatic rings. The minimum atomic E-state index is -3.75. The van der Waals surface area contributed by atoms with Crippen molar-refractivity contribution in [2.75, 3.05) is 24.2 Å². The number of nitrogens with one attached hydrogen (secondary N) is 1. The van der Waals surface area contributed by atoms with Crippen molar-refractivity contribution in [2.24, 2.45) is 5.10 Å². The van der Waals surface area contributed by atoms with Gasteiger partial charge < -0.3 is 9.30 Å². The first-order valence-electron chi connectivity index (χ1n) is 10.4. The number of nitrogens with zero attached hydrogens (tertiary/aromatic N) is 3. The lowest BCUT2D eigenvalue weighted by molar-refractivity contribution is -0.119. The second-order valence-corrected chi connectivity index (χ2v) is 10.2. The van der Waals surface area contributed by atoms with Gasteiger partial charge in [0.2, 0.25) is 10.0 Å². The maximum atomic E-state index is 12.5. The van der Waals surface area contributed by atoms with E-state index in [0.29, 0.717) is 5.75 Å². The third-order valence-corrected chi connectivity index (χ3v) is 6.67. The second kappa shape index (κ2) is 10.3. The van der Waals surface area contributed by atoms with E-state index in [-0.39, 0.29) is 10.7 Å². The Kier molecular flexibility index (Phi) is 7.68. The SMILES string of the molecule is COc1ccc(N(CC(=O)N/N=C\c2cc(C)n(-c3cccc(C)c3)c2C)S(C)(=O)=O)cc1Cl. The van der Waals surface area contributed by atoms with E-state index in [1.54, 1.807) is 6.21 Å². The first-order chi connectivity index (χ1) is 16.0. The van der Waals surface area contributed by atoms with Crippen molar-refractivity contribution in [2.45, 2.75) is 20.8 Å². The fourth-order valence-corrected chi connectivity index (χ4v) is 4.73. The molecule has 0 spiro atoms. The number of amides is 1. The Morgan fingerprint density at radius 1 is 1.18 bits per heavy atom. The molecule has 0 radical (unpaired) electrons. The predicted octanol–water partition coefficient (Wildman–Crippen LogP) is 3.98. The third kappa shape index (κ3) is 5.78. The van der Waals surface area contributed by atoms with Crippen LogP contribution in [0, 0.1) is 20.8 Å². The van der Waals surface area contributed by atoms with Crippen LogP contribution in [0.1, 0.15) is 22.5 Å². The highest BCUT2D eigenvalue weighted by atomic mass is 35.5. The van der Waals surface area contributed by atoms with Crippen LogP contribution < -0.4 is 14.5 Å². The number of rotatable bonds is 8. The summed E-state index contributed by atoms with van der Waals surface area (Å²) < 4.78 is 32.8. The Balaban J connectivity index is 1.75. The molecule has 180 valence electrons. The number of hydrazone groups is 1. The minimum Gasteiger partial charge on any atom is -0.495 e. The monoisotopic (exact) mass is 502 g/mol. The van der Waals surface area contributed by atoms with Gasteiger partial charge in [0.25, 0.3) is 5.91 Å². The molecule has 10 heteroatoms. The van der Waals surface area contributed by atoms with Gasteiger partial charge in [0.05, 0.1) is 30.3 Å². The van der Waals surface area contributed by atoms with Crippen LogP contribution in [0.4, 0.5) is 5.69 Å². The highest BCUT2D eigenvalue weighted by Gasteiger charge is 2.22. The molecule has 3 aromatic rings. The van der Waals surface area contributed by atoms with Crippen molar-refractivity contribution in [3.05, 3.63) is 76.1 Å². The number of benzene rings is 2. The zero-order valence-electron chi connectivity index (χ0n) is 19.7. The van der Waals surface area contributed by atoms with Crippen LogP contribution >= 0.6 is 11.6 Å². The number of carbonyl (C=O) groups is 1. The zero-order valence-corrected chi connectivity index (χ0v) is 21.2. The van der Waals surface area contributed by atoms with Gasteiger partial charge in [0, 0.05) is 22.6 Å². The molecule has 34 heavy (non-hydrogen) atoms. The number of methoxy groups -OCH3 is 1. The van der Waals surface area contributed by atoms with Crippen LogP contribution in [-0.2, 0) is 14.8 Å². The molecule has 8 nitrogen and oxygen atoms in total. The van der Waals surface area contributed by atoms with E-state index in [4.69, 9.17) is 16.3 Å². The predicted molar refractivity (Wildman–Crippen MR) is 136 cm³/mol. The molecule has 0 aliphatic heterocycles.